The number of benzene rings is 1. The van der Waals surface area contributed by atoms with E-state index in [2.05, 4.69) is 11.1 Å². The number of aryl methyl sites for hydroxylation is 1. The number of carbonyl (C=O) groups is 1. The highest BCUT2D eigenvalue weighted by Gasteiger charge is 2.26. The van der Waals surface area contributed by atoms with Crippen molar-refractivity contribution in [3.05, 3.63) is 52.9 Å². The summed E-state index contributed by atoms with van der Waals surface area (Å²) >= 11 is 6.02. The number of aromatic nitrogens is 1. The first-order valence-electron chi connectivity index (χ1n) is 10.4. The molecule has 9 heteroatoms. The summed E-state index contributed by atoms with van der Waals surface area (Å²) in [4.78, 5) is 20.6. The second-order valence-corrected chi connectivity index (χ2v) is 7.90. The molecule has 0 aliphatic carbocycles. The van der Waals surface area contributed by atoms with Gasteiger partial charge in [0.15, 0.2) is 5.76 Å². The van der Waals surface area contributed by atoms with Gasteiger partial charge in [-0.25, -0.2) is 0 Å². The number of halogens is 1. The Kier molecular flexibility index (Phi) is 6.66. The lowest BCUT2D eigenvalue weighted by Crippen LogP contribution is -2.48. The number of hydrogen-bond donors (Lipinski definition) is 0. The van der Waals surface area contributed by atoms with Gasteiger partial charge in [0.25, 0.3) is 5.89 Å². The Bertz CT molecular complexity index is 1110. The molecule has 0 N–H and O–H groups in total. The Balaban J connectivity index is 1.25. The summed E-state index contributed by atoms with van der Waals surface area (Å²) < 4.78 is 16.8. The van der Waals surface area contributed by atoms with Gasteiger partial charge in [-0.1, -0.05) is 11.6 Å². The Morgan fingerprint density at radius 2 is 2.09 bits per heavy atom. The van der Waals surface area contributed by atoms with E-state index in [1.807, 2.05) is 28.9 Å². The second kappa shape index (κ2) is 9.79. The largest absolute Gasteiger partial charge is 0.494 e. The van der Waals surface area contributed by atoms with E-state index in [9.17, 15) is 10.1 Å². The molecule has 3 heterocycles. The molecule has 0 spiro atoms. The summed E-state index contributed by atoms with van der Waals surface area (Å²) in [5.41, 5.74) is 1.17. The second-order valence-electron chi connectivity index (χ2n) is 7.49. The van der Waals surface area contributed by atoms with Gasteiger partial charge in [0, 0.05) is 37.6 Å². The van der Waals surface area contributed by atoms with Crippen LogP contribution in [0.2, 0.25) is 5.02 Å². The van der Waals surface area contributed by atoms with E-state index in [0.717, 1.165) is 11.3 Å². The Hall–Kier alpha value is -3.44. The van der Waals surface area contributed by atoms with Gasteiger partial charge < -0.3 is 23.4 Å². The molecule has 1 aliphatic heterocycles. The van der Waals surface area contributed by atoms with Crippen molar-refractivity contribution in [2.45, 2.75) is 19.8 Å². The Labute approximate surface area is 190 Å². The normalized spacial score (nSPS) is 13.8. The number of nitrogens with zero attached hydrogens (tertiary/aromatic N) is 4. The molecule has 0 radical (unpaired) electrons. The first-order chi connectivity index (χ1) is 15.5. The van der Waals surface area contributed by atoms with Crippen molar-refractivity contribution >= 4 is 23.4 Å². The number of nitriles is 1. The molecule has 0 bridgehead atoms. The molecule has 1 aliphatic rings. The molecular weight excluding hydrogens is 432 g/mol. The van der Waals surface area contributed by atoms with Gasteiger partial charge in [-0.05, 0) is 49.2 Å². The number of oxazole rings is 1. The molecule has 32 heavy (non-hydrogen) atoms. The number of amides is 1. The van der Waals surface area contributed by atoms with Crippen LogP contribution in [0, 0.1) is 18.3 Å². The number of carbonyl (C=O) groups excluding carboxylic acids is 1. The van der Waals surface area contributed by atoms with Crippen LogP contribution in [0.3, 0.4) is 0 Å². The van der Waals surface area contributed by atoms with Crippen LogP contribution in [0.4, 0.5) is 5.88 Å². The molecule has 0 unspecified atom stereocenters. The molecule has 3 aromatic rings. The van der Waals surface area contributed by atoms with Crippen LogP contribution in [0.5, 0.6) is 5.75 Å². The SMILES string of the molecule is Cc1cc(OCCCC(=O)N2CCN(c3oc(-c4ccco4)nc3C#N)CC2)ccc1Cl. The summed E-state index contributed by atoms with van der Waals surface area (Å²) in [5.74, 6) is 2.00. The summed E-state index contributed by atoms with van der Waals surface area (Å²) in [6.45, 7) is 4.62. The minimum atomic E-state index is 0.0925. The fourth-order valence-corrected chi connectivity index (χ4v) is 3.66. The lowest BCUT2D eigenvalue weighted by molar-refractivity contribution is -0.131. The fraction of sp³-hybridized carbons (Fsp3) is 0.348. The molecule has 0 atom stereocenters. The highest BCUT2D eigenvalue weighted by atomic mass is 35.5. The maximum absolute atomic E-state index is 12.6. The minimum Gasteiger partial charge on any atom is -0.494 e. The highest BCUT2D eigenvalue weighted by molar-refractivity contribution is 6.31. The maximum atomic E-state index is 12.6. The van der Waals surface area contributed by atoms with Crippen molar-refractivity contribution in [3.63, 3.8) is 0 Å². The highest BCUT2D eigenvalue weighted by Crippen LogP contribution is 2.29. The van der Waals surface area contributed by atoms with E-state index in [-0.39, 0.29) is 17.5 Å². The van der Waals surface area contributed by atoms with Gasteiger partial charge in [0.05, 0.1) is 12.9 Å². The monoisotopic (exact) mass is 454 g/mol. The zero-order chi connectivity index (χ0) is 22.5. The van der Waals surface area contributed by atoms with E-state index >= 15 is 0 Å². The van der Waals surface area contributed by atoms with Crippen molar-refractivity contribution in [3.8, 4) is 23.5 Å². The summed E-state index contributed by atoms with van der Waals surface area (Å²) in [6.07, 6.45) is 2.58. The number of ether oxygens (including phenoxy) is 1. The molecule has 4 rings (SSSR count). The van der Waals surface area contributed by atoms with Crippen LogP contribution in [0.1, 0.15) is 24.1 Å². The third-order valence-electron chi connectivity index (χ3n) is 5.30. The van der Waals surface area contributed by atoms with E-state index in [4.69, 9.17) is 25.2 Å². The molecule has 8 nitrogen and oxygen atoms in total. The van der Waals surface area contributed by atoms with E-state index in [1.54, 1.807) is 18.2 Å². The van der Waals surface area contributed by atoms with E-state index in [0.29, 0.717) is 62.3 Å². The van der Waals surface area contributed by atoms with Crippen LogP contribution >= 0.6 is 11.6 Å². The predicted molar refractivity (Wildman–Crippen MR) is 119 cm³/mol. The first kappa shape index (κ1) is 21.8. The lowest BCUT2D eigenvalue weighted by atomic mass is 10.2. The smallest absolute Gasteiger partial charge is 0.266 e. The Morgan fingerprint density at radius 1 is 1.28 bits per heavy atom. The van der Waals surface area contributed by atoms with Crippen molar-refractivity contribution in [2.75, 3.05) is 37.7 Å². The van der Waals surface area contributed by atoms with Crippen LogP contribution < -0.4 is 9.64 Å². The summed E-state index contributed by atoms with van der Waals surface area (Å²) in [5, 5.41) is 10.1. The maximum Gasteiger partial charge on any atom is 0.266 e. The van der Waals surface area contributed by atoms with Gasteiger partial charge in [-0.3, -0.25) is 4.79 Å². The minimum absolute atomic E-state index is 0.0925. The average molecular weight is 455 g/mol. The third kappa shape index (κ3) is 4.89. The standard InChI is InChI=1S/C23H23ClN4O4/c1-16-14-17(6-7-18(16)24)30-12-3-5-21(29)27-8-10-28(11-9-27)23-19(15-25)26-22(32-23)20-4-2-13-31-20/h2,4,6-7,13-14H,3,5,8-12H2,1H3. The first-order valence-corrected chi connectivity index (χ1v) is 10.8. The molecular formula is C23H23ClN4O4. The van der Waals surface area contributed by atoms with Gasteiger partial charge in [0.2, 0.25) is 17.5 Å². The summed E-state index contributed by atoms with van der Waals surface area (Å²) in [6, 6.07) is 11.1. The van der Waals surface area contributed by atoms with Crippen molar-refractivity contribution in [2.24, 2.45) is 0 Å². The van der Waals surface area contributed by atoms with Crippen molar-refractivity contribution in [1.29, 1.82) is 5.26 Å². The van der Waals surface area contributed by atoms with E-state index < -0.39 is 0 Å². The summed E-state index contributed by atoms with van der Waals surface area (Å²) in [7, 11) is 0. The van der Waals surface area contributed by atoms with Gasteiger partial charge in [-0.2, -0.15) is 10.2 Å². The van der Waals surface area contributed by atoms with E-state index in [1.165, 1.54) is 6.26 Å². The van der Waals surface area contributed by atoms with Crippen LogP contribution in [0.15, 0.2) is 45.4 Å². The van der Waals surface area contributed by atoms with Gasteiger partial charge in [0.1, 0.15) is 11.8 Å². The van der Waals surface area contributed by atoms with Crippen LogP contribution in [-0.2, 0) is 4.79 Å². The number of rotatable bonds is 7. The average Bonchev–Trinajstić information content (AvgIpc) is 3.49. The molecule has 1 saturated heterocycles. The number of piperazine rings is 1. The molecule has 1 aromatic carbocycles. The van der Waals surface area contributed by atoms with Gasteiger partial charge >= 0.3 is 0 Å². The molecule has 2 aromatic heterocycles. The fourth-order valence-electron chi connectivity index (χ4n) is 3.54. The lowest BCUT2D eigenvalue weighted by Gasteiger charge is -2.34. The number of anilines is 1. The third-order valence-corrected chi connectivity index (χ3v) is 5.72. The van der Waals surface area contributed by atoms with Crippen LogP contribution in [-0.4, -0.2) is 48.6 Å². The topological polar surface area (TPSA) is 95.7 Å². The van der Waals surface area contributed by atoms with Crippen LogP contribution in [0.25, 0.3) is 11.7 Å². The molecule has 1 amide bonds. The zero-order valence-electron chi connectivity index (χ0n) is 17.7. The molecule has 1 fully saturated rings. The van der Waals surface area contributed by atoms with Crippen molar-refractivity contribution in [1.82, 2.24) is 9.88 Å². The molecule has 0 saturated carbocycles. The van der Waals surface area contributed by atoms with Gasteiger partial charge in [-0.15, -0.1) is 0 Å². The number of hydrogen-bond acceptors (Lipinski definition) is 7. The zero-order valence-corrected chi connectivity index (χ0v) is 18.5. The quantitative estimate of drug-likeness (QED) is 0.491. The Morgan fingerprint density at radius 3 is 2.78 bits per heavy atom. The van der Waals surface area contributed by atoms with Crippen molar-refractivity contribution < 1.29 is 18.4 Å². The molecule has 166 valence electrons. The predicted octanol–water partition coefficient (Wildman–Crippen LogP) is 4.28. The number of furan rings is 1.